The molecule has 0 bridgehead atoms. The lowest BCUT2D eigenvalue weighted by Gasteiger charge is -2.10. The fraction of sp³-hybridized carbons (Fsp3) is 0.0769. The smallest absolute Gasteiger partial charge is 0.322 e. The number of alkyl halides is 3. The van der Waals surface area contributed by atoms with E-state index in [0.717, 1.165) is 0 Å². The number of nitriles is 1. The molecular weight excluding hydrogens is 321 g/mol. The average molecular weight is 327 g/mol. The zero-order valence-electron chi connectivity index (χ0n) is 10.6. The van der Waals surface area contributed by atoms with Crippen LogP contribution in [0.1, 0.15) is 21.6 Å². The molecule has 2 aromatic heterocycles. The zero-order valence-corrected chi connectivity index (χ0v) is 11.4. The first-order chi connectivity index (χ1) is 10.3. The van der Waals surface area contributed by atoms with Crippen LogP contribution in [-0.2, 0) is 6.18 Å². The van der Waals surface area contributed by atoms with E-state index in [1.165, 1.54) is 18.3 Å². The van der Waals surface area contributed by atoms with Gasteiger partial charge in [-0.3, -0.25) is 4.79 Å². The van der Waals surface area contributed by atoms with Gasteiger partial charge in [-0.05, 0) is 18.2 Å². The molecule has 0 atom stereocenters. The van der Waals surface area contributed by atoms with E-state index in [-0.39, 0.29) is 16.5 Å². The number of halogens is 4. The van der Waals surface area contributed by atoms with Gasteiger partial charge in [-0.2, -0.15) is 18.4 Å². The molecule has 0 saturated heterocycles. The number of rotatable bonds is 2. The Morgan fingerprint density at radius 2 is 2.05 bits per heavy atom. The first-order valence-electron chi connectivity index (χ1n) is 5.71. The van der Waals surface area contributed by atoms with Crippen molar-refractivity contribution in [3.8, 4) is 6.07 Å². The van der Waals surface area contributed by atoms with Crippen LogP contribution in [0.4, 0.5) is 18.9 Å². The number of nitrogens with zero attached hydrogens (tertiary/aromatic N) is 3. The molecule has 1 amide bonds. The highest BCUT2D eigenvalue weighted by Gasteiger charge is 2.32. The number of anilines is 1. The van der Waals surface area contributed by atoms with Crippen molar-refractivity contribution < 1.29 is 18.0 Å². The lowest BCUT2D eigenvalue weighted by atomic mass is 10.2. The fourth-order valence-electron chi connectivity index (χ4n) is 1.53. The molecule has 0 aliphatic heterocycles. The molecule has 5 nitrogen and oxygen atoms in total. The van der Waals surface area contributed by atoms with Crippen LogP contribution in [0.25, 0.3) is 0 Å². The summed E-state index contributed by atoms with van der Waals surface area (Å²) in [5.41, 5.74) is -1.27. The van der Waals surface area contributed by atoms with Gasteiger partial charge in [0.2, 0.25) is 0 Å². The van der Waals surface area contributed by atoms with Crippen LogP contribution in [0.5, 0.6) is 0 Å². The van der Waals surface area contributed by atoms with Gasteiger partial charge in [0, 0.05) is 18.1 Å². The molecule has 0 unspecified atom stereocenters. The third-order valence-electron chi connectivity index (χ3n) is 2.54. The molecule has 0 aliphatic rings. The van der Waals surface area contributed by atoms with E-state index in [2.05, 4.69) is 15.3 Å². The van der Waals surface area contributed by atoms with Crippen LogP contribution in [0, 0.1) is 11.3 Å². The molecule has 2 heterocycles. The molecule has 0 radical (unpaired) electrons. The average Bonchev–Trinajstić information content (AvgIpc) is 2.46. The summed E-state index contributed by atoms with van der Waals surface area (Å²) in [6.07, 6.45) is -2.82. The van der Waals surface area contributed by atoms with Crippen molar-refractivity contribution in [2.45, 2.75) is 6.18 Å². The van der Waals surface area contributed by atoms with E-state index in [0.29, 0.717) is 12.3 Å². The minimum Gasteiger partial charge on any atom is -0.322 e. The van der Waals surface area contributed by atoms with Crippen molar-refractivity contribution in [3.05, 3.63) is 52.6 Å². The highest BCUT2D eigenvalue weighted by Crippen LogP contribution is 2.30. The van der Waals surface area contributed by atoms with Crippen molar-refractivity contribution in [3.63, 3.8) is 0 Å². The highest BCUT2D eigenvalue weighted by molar-refractivity contribution is 6.33. The predicted octanol–water partition coefficient (Wildman–Crippen LogP) is 3.27. The zero-order chi connectivity index (χ0) is 16.3. The minimum absolute atomic E-state index is 0.0473. The van der Waals surface area contributed by atoms with E-state index in [4.69, 9.17) is 16.9 Å². The van der Waals surface area contributed by atoms with Gasteiger partial charge in [-0.1, -0.05) is 11.6 Å². The lowest BCUT2D eigenvalue weighted by molar-refractivity contribution is -0.137. The molecule has 0 aliphatic carbocycles. The van der Waals surface area contributed by atoms with E-state index in [1.54, 1.807) is 6.07 Å². The van der Waals surface area contributed by atoms with E-state index >= 15 is 0 Å². The summed E-state index contributed by atoms with van der Waals surface area (Å²) in [6.45, 7) is 0. The first kappa shape index (κ1) is 15.7. The molecule has 0 fully saturated rings. The van der Waals surface area contributed by atoms with Gasteiger partial charge in [0.25, 0.3) is 5.91 Å². The number of carbonyl (C=O) groups is 1. The van der Waals surface area contributed by atoms with Gasteiger partial charge in [0.05, 0.1) is 11.1 Å². The molecule has 9 heteroatoms. The number of pyridine rings is 2. The number of nitrogens with one attached hydrogen (secondary N) is 1. The second kappa shape index (κ2) is 5.99. The number of carbonyl (C=O) groups excluding carboxylic acids is 1. The van der Waals surface area contributed by atoms with Crippen LogP contribution in [-0.4, -0.2) is 15.9 Å². The van der Waals surface area contributed by atoms with Crippen molar-refractivity contribution in [1.82, 2.24) is 9.97 Å². The van der Waals surface area contributed by atoms with Gasteiger partial charge in [-0.15, -0.1) is 0 Å². The third kappa shape index (κ3) is 3.51. The summed E-state index contributed by atoms with van der Waals surface area (Å²) >= 11 is 5.66. The maximum absolute atomic E-state index is 12.6. The number of hydrogen-bond donors (Lipinski definition) is 1. The fourth-order valence-corrected chi connectivity index (χ4v) is 1.72. The minimum atomic E-state index is -4.64. The summed E-state index contributed by atoms with van der Waals surface area (Å²) < 4.78 is 37.9. The molecule has 112 valence electrons. The van der Waals surface area contributed by atoms with Crippen LogP contribution in [0.3, 0.4) is 0 Å². The third-order valence-corrected chi connectivity index (χ3v) is 2.84. The molecule has 2 rings (SSSR count). The Morgan fingerprint density at radius 1 is 1.32 bits per heavy atom. The van der Waals surface area contributed by atoms with Gasteiger partial charge < -0.3 is 5.32 Å². The summed E-state index contributed by atoms with van der Waals surface area (Å²) in [4.78, 5) is 19.1. The Balaban J connectivity index is 2.31. The van der Waals surface area contributed by atoms with E-state index < -0.39 is 23.2 Å². The Labute approximate surface area is 127 Å². The summed E-state index contributed by atoms with van der Waals surface area (Å²) in [6, 6.07) is 5.03. The summed E-state index contributed by atoms with van der Waals surface area (Å²) in [5, 5.41) is 10.7. The summed E-state index contributed by atoms with van der Waals surface area (Å²) in [5.74, 6) is -0.876. The number of amides is 1. The summed E-state index contributed by atoms with van der Waals surface area (Å²) in [7, 11) is 0. The van der Waals surface area contributed by atoms with Crippen LogP contribution >= 0.6 is 11.6 Å². The Kier molecular flexibility index (Phi) is 4.28. The molecule has 22 heavy (non-hydrogen) atoms. The topological polar surface area (TPSA) is 78.7 Å². The van der Waals surface area contributed by atoms with Crippen molar-refractivity contribution in [2.75, 3.05) is 5.32 Å². The van der Waals surface area contributed by atoms with E-state index in [1.807, 2.05) is 0 Å². The molecule has 0 aromatic carbocycles. The van der Waals surface area contributed by atoms with Crippen molar-refractivity contribution in [2.24, 2.45) is 0 Å². The quantitative estimate of drug-likeness (QED) is 0.859. The van der Waals surface area contributed by atoms with E-state index in [9.17, 15) is 18.0 Å². The van der Waals surface area contributed by atoms with Crippen molar-refractivity contribution in [1.29, 1.82) is 5.26 Å². The Bertz CT molecular complexity index is 771. The van der Waals surface area contributed by atoms with Crippen molar-refractivity contribution >= 4 is 23.2 Å². The molecule has 2 aromatic rings. The predicted molar refractivity (Wildman–Crippen MR) is 71.2 cm³/mol. The lowest BCUT2D eigenvalue weighted by Crippen LogP contribution is -2.15. The van der Waals surface area contributed by atoms with Gasteiger partial charge in [-0.25, -0.2) is 9.97 Å². The monoisotopic (exact) mass is 326 g/mol. The number of hydrogen-bond acceptors (Lipinski definition) is 4. The first-order valence-corrected chi connectivity index (χ1v) is 6.09. The van der Waals surface area contributed by atoms with Crippen LogP contribution in [0.15, 0.2) is 30.6 Å². The largest absolute Gasteiger partial charge is 0.417 e. The van der Waals surface area contributed by atoms with Gasteiger partial charge in [0.15, 0.2) is 0 Å². The standard InChI is InChI=1S/C13H6ClF3N4O/c14-11-10(3-7(6-20-11)13(15,16)17)12(22)21-8-1-2-19-9(4-8)5-18/h1-4,6H,(H,19,21,22). The molecular formula is C13H6ClF3N4O. The molecule has 0 spiro atoms. The Morgan fingerprint density at radius 3 is 2.68 bits per heavy atom. The highest BCUT2D eigenvalue weighted by atomic mass is 35.5. The normalized spacial score (nSPS) is 10.9. The van der Waals surface area contributed by atoms with Crippen LogP contribution in [0.2, 0.25) is 5.15 Å². The SMILES string of the molecule is N#Cc1cc(NC(=O)c2cc(C(F)(F)F)cnc2Cl)ccn1. The second-order valence-corrected chi connectivity index (χ2v) is 4.41. The molecule has 0 saturated carbocycles. The van der Waals surface area contributed by atoms with Gasteiger partial charge in [0.1, 0.15) is 16.9 Å². The molecule has 1 N–H and O–H groups in total. The maximum atomic E-state index is 12.6. The number of aromatic nitrogens is 2. The Hall–Kier alpha value is -2.66. The maximum Gasteiger partial charge on any atom is 0.417 e. The van der Waals surface area contributed by atoms with Gasteiger partial charge >= 0.3 is 6.18 Å². The second-order valence-electron chi connectivity index (χ2n) is 4.06. The van der Waals surface area contributed by atoms with Crippen LogP contribution < -0.4 is 5.32 Å².